The van der Waals surface area contributed by atoms with Gasteiger partial charge in [0.25, 0.3) is 5.91 Å². The molecule has 326 valence electrons. The quantitative estimate of drug-likeness (QED) is 0.273. The second kappa shape index (κ2) is 17.7. The molecule has 2 aromatic rings. The molecule has 0 N–H and O–H groups in total. The van der Waals surface area contributed by atoms with Gasteiger partial charge in [-0.05, 0) is 108 Å². The summed E-state index contributed by atoms with van der Waals surface area (Å²) in [5.74, 6) is -0.630. The van der Waals surface area contributed by atoms with E-state index >= 15 is 4.39 Å². The summed E-state index contributed by atoms with van der Waals surface area (Å²) in [6.07, 6.45) is 4.54. The number of hydrogen-bond donors (Lipinski definition) is 0. The zero-order valence-electron chi connectivity index (χ0n) is 36.7. The third-order valence-corrected chi connectivity index (χ3v) is 12.0. The number of piperazine rings is 1. The Morgan fingerprint density at radius 2 is 1.17 bits per heavy atom. The molecule has 0 bridgehead atoms. The molecule has 1 aliphatic carbocycles. The minimum absolute atomic E-state index is 0.0821. The van der Waals surface area contributed by atoms with Crippen LogP contribution in [0.5, 0.6) is 11.5 Å². The van der Waals surface area contributed by atoms with Gasteiger partial charge in [-0.25, -0.2) is 14.0 Å². The van der Waals surface area contributed by atoms with Gasteiger partial charge in [-0.2, -0.15) is 4.39 Å². The van der Waals surface area contributed by atoms with Gasteiger partial charge >= 0.3 is 12.2 Å². The van der Waals surface area contributed by atoms with Crippen LogP contribution < -0.4 is 14.4 Å². The van der Waals surface area contributed by atoms with Crippen LogP contribution in [0.15, 0.2) is 30.3 Å². The fraction of sp³-hybridized carbons (Fsp3) is 0.674. The van der Waals surface area contributed by atoms with Gasteiger partial charge in [0.15, 0.2) is 11.6 Å². The molecular weight excluding hydrogens is 759 g/mol. The summed E-state index contributed by atoms with van der Waals surface area (Å²) in [7, 11) is 0. The highest BCUT2D eigenvalue weighted by atomic mass is 19.2. The van der Waals surface area contributed by atoms with Crippen molar-refractivity contribution >= 4 is 23.8 Å². The minimum Gasteiger partial charge on any atom is -0.488 e. The maximum Gasteiger partial charge on any atom is 0.410 e. The summed E-state index contributed by atoms with van der Waals surface area (Å²) in [6, 6.07) is 8.47. The average Bonchev–Trinajstić information content (AvgIpc) is 3.64. The zero-order chi connectivity index (χ0) is 42.9. The number of anilines is 1. The molecule has 0 radical (unpaired) electrons. The Kier molecular flexibility index (Phi) is 13.3. The van der Waals surface area contributed by atoms with Gasteiger partial charge < -0.3 is 38.5 Å². The number of halogens is 2. The van der Waals surface area contributed by atoms with Crippen molar-refractivity contribution in [3.05, 3.63) is 53.1 Å². The number of amides is 3. The number of ether oxygens (including phenoxy) is 4. The van der Waals surface area contributed by atoms with Crippen LogP contribution in [0, 0.1) is 23.0 Å². The smallest absolute Gasteiger partial charge is 0.410 e. The largest absolute Gasteiger partial charge is 0.488 e. The molecule has 4 aliphatic rings. The summed E-state index contributed by atoms with van der Waals surface area (Å²) >= 11 is 0. The SMILES string of the molecule is CC(C)(C)OC(=O)N1CCN(c2cc(F)c(F)c(OC3CCN(C(=O)c4ccc(O[C@H]5CCN(C(=O)OC(C)(C)C)C5)c([C@H]5CC[C@H](C(C)(C)C)CC5)c4)CC3)c2)CC1. The van der Waals surface area contributed by atoms with E-state index in [-0.39, 0.29) is 35.2 Å². The Balaban J connectivity index is 1.09. The molecule has 0 spiro atoms. The minimum atomic E-state index is -1.04. The van der Waals surface area contributed by atoms with E-state index in [9.17, 15) is 18.8 Å². The Bertz CT molecular complexity index is 1810. The zero-order valence-corrected chi connectivity index (χ0v) is 36.7. The maximum atomic E-state index is 15.1. The van der Waals surface area contributed by atoms with Crippen LogP contribution in [-0.2, 0) is 9.47 Å². The molecule has 1 atom stereocenters. The molecular formula is C46H66F2N4O7. The van der Waals surface area contributed by atoms with E-state index in [1.165, 1.54) is 12.1 Å². The first-order valence-corrected chi connectivity index (χ1v) is 21.6. The number of piperidine rings is 1. The van der Waals surface area contributed by atoms with E-state index in [2.05, 4.69) is 20.8 Å². The van der Waals surface area contributed by atoms with E-state index in [0.29, 0.717) is 88.8 Å². The molecule has 3 aliphatic heterocycles. The molecule has 0 unspecified atom stereocenters. The molecule has 0 aromatic heterocycles. The number of rotatable bonds is 7. The molecule has 11 nitrogen and oxygen atoms in total. The van der Waals surface area contributed by atoms with Crippen molar-refractivity contribution in [1.29, 1.82) is 0 Å². The van der Waals surface area contributed by atoms with Crippen molar-refractivity contribution in [2.24, 2.45) is 11.3 Å². The van der Waals surface area contributed by atoms with Crippen LogP contribution in [0.3, 0.4) is 0 Å². The van der Waals surface area contributed by atoms with E-state index in [1.54, 1.807) is 9.80 Å². The highest BCUT2D eigenvalue weighted by Gasteiger charge is 2.35. The predicted octanol–water partition coefficient (Wildman–Crippen LogP) is 9.41. The molecule has 6 rings (SSSR count). The van der Waals surface area contributed by atoms with Crippen molar-refractivity contribution in [2.75, 3.05) is 57.3 Å². The van der Waals surface area contributed by atoms with Crippen LogP contribution in [0.2, 0.25) is 0 Å². The molecule has 3 saturated heterocycles. The summed E-state index contributed by atoms with van der Waals surface area (Å²) in [5, 5.41) is 0. The lowest BCUT2D eigenvalue weighted by Gasteiger charge is -2.37. The lowest BCUT2D eigenvalue weighted by Crippen LogP contribution is -2.50. The first-order chi connectivity index (χ1) is 27.6. The van der Waals surface area contributed by atoms with Gasteiger partial charge in [-0.15, -0.1) is 0 Å². The van der Waals surface area contributed by atoms with Crippen molar-refractivity contribution in [1.82, 2.24) is 14.7 Å². The number of nitrogens with zero attached hydrogens (tertiary/aromatic N) is 4. The van der Waals surface area contributed by atoms with Crippen LogP contribution in [0.4, 0.5) is 24.1 Å². The number of benzene rings is 2. The van der Waals surface area contributed by atoms with Crippen LogP contribution in [-0.4, -0.2) is 109 Å². The van der Waals surface area contributed by atoms with Crippen LogP contribution in [0.25, 0.3) is 0 Å². The van der Waals surface area contributed by atoms with Gasteiger partial charge in [0, 0.05) is 88.5 Å². The summed E-state index contributed by atoms with van der Waals surface area (Å²) in [4.78, 5) is 46.4. The first kappa shape index (κ1) is 44.3. The number of carbonyl (C=O) groups excluding carboxylic acids is 3. The molecule has 2 aromatic carbocycles. The van der Waals surface area contributed by atoms with Crippen molar-refractivity contribution in [2.45, 2.75) is 137 Å². The van der Waals surface area contributed by atoms with E-state index in [4.69, 9.17) is 18.9 Å². The number of hydrogen-bond acceptors (Lipinski definition) is 8. The molecule has 4 fully saturated rings. The van der Waals surface area contributed by atoms with Crippen LogP contribution in [0.1, 0.15) is 129 Å². The maximum absolute atomic E-state index is 15.1. The van der Waals surface area contributed by atoms with Gasteiger partial charge in [0.05, 0.1) is 6.54 Å². The van der Waals surface area contributed by atoms with Crippen molar-refractivity contribution in [3.8, 4) is 11.5 Å². The highest BCUT2D eigenvalue weighted by Crippen LogP contribution is 2.46. The standard InChI is InChI=1S/C46H66F2N4O7/c1-44(2,3)32-13-10-30(11-14-32)36-26-31(12-15-38(36)57-35-18-21-52(29-35)43(55)59-46(7,8)9)41(53)50-19-16-34(17-20-50)56-39-28-33(27-37(47)40(39)48)49-22-24-51(25-23-49)42(54)58-45(4,5)6/h12,15,26-28,30,32,34-35H,10-11,13-14,16-25,29H2,1-9H3/t30-,32-,35-/m0/s1. The van der Waals surface area contributed by atoms with Crippen LogP contribution >= 0.6 is 0 Å². The highest BCUT2D eigenvalue weighted by molar-refractivity contribution is 5.94. The predicted molar refractivity (Wildman–Crippen MR) is 223 cm³/mol. The Labute approximate surface area is 349 Å². The summed E-state index contributed by atoms with van der Waals surface area (Å²) < 4.78 is 53.9. The van der Waals surface area contributed by atoms with E-state index in [1.807, 2.05) is 69.5 Å². The lowest BCUT2D eigenvalue weighted by molar-refractivity contribution is 0.0237. The van der Waals surface area contributed by atoms with Gasteiger partial charge in [-0.3, -0.25) is 4.79 Å². The summed E-state index contributed by atoms with van der Waals surface area (Å²) in [5.41, 5.74) is 1.17. The van der Waals surface area contributed by atoms with Gasteiger partial charge in [-0.1, -0.05) is 20.8 Å². The molecule has 1 saturated carbocycles. The molecule has 13 heteroatoms. The molecule has 3 heterocycles. The third kappa shape index (κ3) is 11.5. The Hall–Kier alpha value is -4.29. The van der Waals surface area contributed by atoms with E-state index in [0.717, 1.165) is 37.0 Å². The second-order valence-corrected chi connectivity index (χ2v) is 19.9. The first-order valence-electron chi connectivity index (χ1n) is 21.6. The van der Waals surface area contributed by atoms with Crippen molar-refractivity contribution < 1.29 is 42.1 Å². The fourth-order valence-corrected chi connectivity index (χ4v) is 8.71. The fourth-order valence-electron chi connectivity index (χ4n) is 8.71. The number of likely N-dealkylation sites (tertiary alicyclic amines) is 2. The molecule has 3 amide bonds. The number of carbonyl (C=O) groups is 3. The lowest BCUT2D eigenvalue weighted by atomic mass is 9.68. The topological polar surface area (TPSA) is 101 Å². The average molecular weight is 825 g/mol. The van der Waals surface area contributed by atoms with E-state index < -0.39 is 35.0 Å². The van der Waals surface area contributed by atoms with Gasteiger partial charge in [0.2, 0.25) is 5.82 Å². The monoisotopic (exact) mass is 824 g/mol. The van der Waals surface area contributed by atoms with Gasteiger partial charge in [0.1, 0.15) is 29.2 Å². The second-order valence-electron chi connectivity index (χ2n) is 19.9. The normalized spacial score (nSPS) is 22.3. The Morgan fingerprint density at radius 1 is 0.610 bits per heavy atom. The summed E-state index contributed by atoms with van der Waals surface area (Å²) in [6.45, 7) is 21.4. The third-order valence-electron chi connectivity index (χ3n) is 12.0. The molecule has 59 heavy (non-hydrogen) atoms. The van der Waals surface area contributed by atoms with Crippen molar-refractivity contribution in [3.63, 3.8) is 0 Å². The Morgan fingerprint density at radius 3 is 1.76 bits per heavy atom.